The van der Waals surface area contributed by atoms with Gasteiger partial charge in [0.25, 0.3) is 0 Å². The molecule has 2 rings (SSSR count). The maximum absolute atomic E-state index is 11.8. The van der Waals surface area contributed by atoms with Crippen LogP contribution < -0.4 is 15.5 Å². The molecule has 1 aromatic rings. The Labute approximate surface area is 132 Å². The first-order chi connectivity index (χ1) is 10.6. The normalized spacial score (nSPS) is 14.8. The van der Waals surface area contributed by atoms with Gasteiger partial charge >= 0.3 is 0 Å². The van der Waals surface area contributed by atoms with Gasteiger partial charge in [0.05, 0.1) is 11.9 Å². The zero-order valence-corrected chi connectivity index (χ0v) is 13.6. The van der Waals surface area contributed by atoms with Crippen LogP contribution in [0.15, 0.2) is 12.3 Å². The Bertz CT molecular complexity index is 471. The van der Waals surface area contributed by atoms with Gasteiger partial charge in [0, 0.05) is 39.7 Å². The van der Waals surface area contributed by atoms with Crippen molar-refractivity contribution in [3.63, 3.8) is 0 Å². The van der Waals surface area contributed by atoms with E-state index in [-0.39, 0.29) is 5.91 Å². The van der Waals surface area contributed by atoms with Crippen molar-refractivity contribution in [1.82, 2.24) is 15.5 Å². The molecule has 0 radical (unpaired) electrons. The SMILES string of the molecule is CN(C)c1cnnc(NCCNC(=O)CCC2CCCC2)c1. The molecule has 1 saturated carbocycles. The number of carbonyl (C=O) groups is 1. The third kappa shape index (κ3) is 5.50. The van der Waals surface area contributed by atoms with E-state index < -0.39 is 0 Å². The third-order valence-electron chi connectivity index (χ3n) is 4.16. The second kappa shape index (κ2) is 8.56. The molecule has 122 valence electrons. The lowest BCUT2D eigenvalue weighted by Gasteiger charge is -2.13. The summed E-state index contributed by atoms with van der Waals surface area (Å²) in [7, 11) is 3.93. The lowest BCUT2D eigenvalue weighted by Crippen LogP contribution is -2.29. The van der Waals surface area contributed by atoms with E-state index in [9.17, 15) is 4.79 Å². The van der Waals surface area contributed by atoms with Gasteiger partial charge in [-0.2, -0.15) is 5.10 Å². The highest BCUT2D eigenvalue weighted by atomic mass is 16.1. The fourth-order valence-corrected chi connectivity index (χ4v) is 2.80. The smallest absolute Gasteiger partial charge is 0.220 e. The van der Waals surface area contributed by atoms with E-state index in [1.807, 2.05) is 25.1 Å². The van der Waals surface area contributed by atoms with Crippen LogP contribution in [0.25, 0.3) is 0 Å². The first kappa shape index (κ1) is 16.5. The Hall–Kier alpha value is -1.85. The fraction of sp³-hybridized carbons (Fsp3) is 0.688. The largest absolute Gasteiger partial charge is 0.376 e. The first-order valence-electron chi connectivity index (χ1n) is 8.16. The second-order valence-electron chi connectivity index (χ2n) is 6.16. The molecule has 1 amide bonds. The Morgan fingerprint density at radius 2 is 2.09 bits per heavy atom. The number of nitrogens with zero attached hydrogens (tertiary/aromatic N) is 3. The molecule has 6 heteroatoms. The molecule has 22 heavy (non-hydrogen) atoms. The van der Waals surface area contributed by atoms with Crippen LogP contribution in [0, 0.1) is 5.92 Å². The Morgan fingerprint density at radius 3 is 2.82 bits per heavy atom. The van der Waals surface area contributed by atoms with Gasteiger partial charge in [-0.3, -0.25) is 4.79 Å². The summed E-state index contributed by atoms with van der Waals surface area (Å²) in [6.45, 7) is 1.26. The highest BCUT2D eigenvalue weighted by Gasteiger charge is 2.15. The number of amides is 1. The summed E-state index contributed by atoms with van der Waals surface area (Å²) in [6, 6.07) is 1.94. The molecule has 1 aliphatic carbocycles. The van der Waals surface area contributed by atoms with Crippen molar-refractivity contribution in [2.45, 2.75) is 38.5 Å². The molecule has 0 atom stereocenters. The van der Waals surface area contributed by atoms with Crippen molar-refractivity contribution in [3.05, 3.63) is 12.3 Å². The maximum Gasteiger partial charge on any atom is 0.220 e. The molecule has 1 fully saturated rings. The number of anilines is 2. The second-order valence-corrected chi connectivity index (χ2v) is 6.16. The molecule has 1 heterocycles. The van der Waals surface area contributed by atoms with E-state index in [0.29, 0.717) is 19.5 Å². The number of hydrogen-bond donors (Lipinski definition) is 2. The molecule has 2 N–H and O–H groups in total. The van der Waals surface area contributed by atoms with E-state index in [1.165, 1.54) is 25.7 Å². The quantitative estimate of drug-likeness (QED) is 0.719. The highest BCUT2D eigenvalue weighted by Crippen LogP contribution is 2.28. The fourth-order valence-electron chi connectivity index (χ4n) is 2.80. The minimum absolute atomic E-state index is 0.154. The van der Waals surface area contributed by atoms with Crippen molar-refractivity contribution < 1.29 is 4.79 Å². The van der Waals surface area contributed by atoms with E-state index in [4.69, 9.17) is 0 Å². The summed E-state index contributed by atoms with van der Waals surface area (Å²) >= 11 is 0. The van der Waals surface area contributed by atoms with E-state index in [2.05, 4.69) is 20.8 Å². The van der Waals surface area contributed by atoms with Crippen molar-refractivity contribution in [1.29, 1.82) is 0 Å². The van der Waals surface area contributed by atoms with Crippen molar-refractivity contribution in [3.8, 4) is 0 Å². The van der Waals surface area contributed by atoms with Gasteiger partial charge in [0.1, 0.15) is 0 Å². The molecule has 1 aliphatic rings. The van der Waals surface area contributed by atoms with Crippen LogP contribution in [0.4, 0.5) is 11.5 Å². The van der Waals surface area contributed by atoms with Crippen LogP contribution in [0.2, 0.25) is 0 Å². The van der Waals surface area contributed by atoms with Gasteiger partial charge in [-0.05, 0) is 12.3 Å². The molecular formula is C16H27N5O. The van der Waals surface area contributed by atoms with E-state index >= 15 is 0 Å². The van der Waals surface area contributed by atoms with Crippen molar-refractivity contribution in [2.24, 2.45) is 5.92 Å². The molecule has 0 saturated heterocycles. The van der Waals surface area contributed by atoms with Gasteiger partial charge < -0.3 is 15.5 Å². The standard InChI is InChI=1S/C16H27N5O/c1-21(2)14-11-15(20-19-12-14)17-9-10-18-16(22)8-7-13-5-3-4-6-13/h11-13H,3-10H2,1-2H3,(H,17,20)(H,18,22). The summed E-state index contributed by atoms with van der Waals surface area (Å²) in [5.74, 6) is 1.65. The highest BCUT2D eigenvalue weighted by molar-refractivity contribution is 5.75. The Kier molecular flexibility index (Phi) is 6.43. The van der Waals surface area contributed by atoms with Crippen molar-refractivity contribution in [2.75, 3.05) is 37.4 Å². The molecular weight excluding hydrogens is 278 g/mol. The van der Waals surface area contributed by atoms with Crippen LogP contribution in [-0.2, 0) is 4.79 Å². The predicted octanol–water partition coefficient (Wildman–Crippen LogP) is 2.04. The van der Waals surface area contributed by atoms with Gasteiger partial charge in [-0.15, -0.1) is 5.10 Å². The molecule has 0 unspecified atom stereocenters. The molecule has 0 aromatic carbocycles. The monoisotopic (exact) mass is 305 g/mol. The average Bonchev–Trinajstić information content (AvgIpc) is 3.03. The van der Waals surface area contributed by atoms with Crippen LogP contribution >= 0.6 is 0 Å². The number of rotatable bonds is 8. The molecule has 0 spiro atoms. The lowest BCUT2D eigenvalue weighted by atomic mass is 10.0. The molecule has 0 bridgehead atoms. The predicted molar refractivity (Wildman–Crippen MR) is 89.1 cm³/mol. The summed E-state index contributed by atoms with van der Waals surface area (Å²) in [5, 5.41) is 14.1. The number of nitrogens with one attached hydrogen (secondary N) is 2. The van der Waals surface area contributed by atoms with E-state index in [0.717, 1.165) is 23.8 Å². The Morgan fingerprint density at radius 1 is 1.32 bits per heavy atom. The zero-order valence-electron chi connectivity index (χ0n) is 13.6. The lowest BCUT2D eigenvalue weighted by molar-refractivity contribution is -0.121. The molecule has 0 aliphatic heterocycles. The number of hydrogen-bond acceptors (Lipinski definition) is 5. The van der Waals surface area contributed by atoms with Crippen LogP contribution in [-0.4, -0.2) is 43.3 Å². The maximum atomic E-state index is 11.8. The zero-order chi connectivity index (χ0) is 15.8. The molecule has 6 nitrogen and oxygen atoms in total. The van der Waals surface area contributed by atoms with Gasteiger partial charge in [-0.1, -0.05) is 25.7 Å². The van der Waals surface area contributed by atoms with Gasteiger partial charge in [0.15, 0.2) is 5.82 Å². The van der Waals surface area contributed by atoms with Crippen LogP contribution in [0.1, 0.15) is 38.5 Å². The first-order valence-corrected chi connectivity index (χ1v) is 8.16. The van der Waals surface area contributed by atoms with Crippen molar-refractivity contribution >= 4 is 17.4 Å². The van der Waals surface area contributed by atoms with E-state index in [1.54, 1.807) is 6.20 Å². The van der Waals surface area contributed by atoms with Crippen LogP contribution in [0.3, 0.4) is 0 Å². The molecule has 1 aromatic heterocycles. The van der Waals surface area contributed by atoms with Gasteiger partial charge in [0.2, 0.25) is 5.91 Å². The summed E-state index contributed by atoms with van der Waals surface area (Å²) in [6.07, 6.45) is 8.68. The van der Waals surface area contributed by atoms with Crippen LogP contribution in [0.5, 0.6) is 0 Å². The minimum atomic E-state index is 0.154. The number of carbonyl (C=O) groups excluding carboxylic acids is 1. The third-order valence-corrected chi connectivity index (χ3v) is 4.16. The minimum Gasteiger partial charge on any atom is -0.376 e. The summed E-state index contributed by atoms with van der Waals surface area (Å²) in [4.78, 5) is 13.8. The summed E-state index contributed by atoms with van der Waals surface area (Å²) < 4.78 is 0. The number of aromatic nitrogens is 2. The average molecular weight is 305 g/mol. The summed E-state index contributed by atoms with van der Waals surface area (Å²) in [5.41, 5.74) is 0.998. The van der Waals surface area contributed by atoms with Gasteiger partial charge in [-0.25, -0.2) is 0 Å². The topological polar surface area (TPSA) is 70.2 Å². The Balaban J connectivity index is 1.60.